The van der Waals surface area contributed by atoms with E-state index in [2.05, 4.69) is 10.5 Å². The van der Waals surface area contributed by atoms with Crippen molar-refractivity contribution in [3.8, 4) is 0 Å². The largest absolute Gasteiger partial charge is 0.391 e. The fourth-order valence-corrected chi connectivity index (χ4v) is 4.27. The first kappa shape index (κ1) is 23.1. The standard InChI is InChI=1S/C25H23Cl2N3O3/c1-16(31)30-12-11-23(29-33-15-17-9-10-21(26)22(27)13-17)24(30)25(32)28-14-19-7-4-6-18-5-2-3-8-20(18)19/h2-10,13,24H,11-12,14-15H2,1H3,(H,28,32)/t24-/m0/s1. The third-order valence-electron chi connectivity index (χ3n) is 5.62. The van der Waals surface area contributed by atoms with E-state index in [1.165, 1.54) is 11.8 Å². The smallest absolute Gasteiger partial charge is 0.249 e. The molecule has 4 rings (SSSR count). The van der Waals surface area contributed by atoms with E-state index in [1.54, 1.807) is 18.2 Å². The normalized spacial score (nSPS) is 16.9. The number of benzene rings is 3. The molecule has 1 atom stereocenters. The number of likely N-dealkylation sites (tertiary alicyclic amines) is 1. The van der Waals surface area contributed by atoms with Crippen molar-refractivity contribution >= 4 is 51.5 Å². The Morgan fingerprint density at radius 3 is 2.67 bits per heavy atom. The maximum atomic E-state index is 13.1. The second kappa shape index (κ2) is 10.2. The number of nitrogens with zero attached hydrogens (tertiary/aromatic N) is 2. The van der Waals surface area contributed by atoms with Gasteiger partial charge in [0.2, 0.25) is 11.8 Å². The van der Waals surface area contributed by atoms with Crippen molar-refractivity contribution in [2.24, 2.45) is 5.16 Å². The van der Waals surface area contributed by atoms with E-state index in [-0.39, 0.29) is 18.4 Å². The van der Waals surface area contributed by atoms with Crippen LogP contribution in [0.3, 0.4) is 0 Å². The molecular weight excluding hydrogens is 461 g/mol. The SMILES string of the molecule is CC(=O)N1CCC(=NOCc2ccc(Cl)c(Cl)c2)[C@H]1C(=O)NCc1cccc2ccccc12. The Hall–Kier alpha value is -3.09. The van der Waals surface area contributed by atoms with Crippen LogP contribution >= 0.6 is 23.2 Å². The van der Waals surface area contributed by atoms with Gasteiger partial charge in [-0.05, 0) is 34.0 Å². The van der Waals surface area contributed by atoms with Crippen LogP contribution in [0.2, 0.25) is 10.0 Å². The molecule has 0 bridgehead atoms. The van der Waals surface area contributed by atoms with E-state index in [4.69, 9.17) is 28.0 Å². The number of carbonyl (C=O) groups is 2. The van der Waals surface area contributed by atoms with E-state index in [0.717, 1.165) is 21.9 Å². The molecular formula is C25H23Cl2N3O3. The van der Waals surface area contributed by atoms with Crippen LogP contribution in [0.5, 0.6) is 0 Å². The first-order chi connectivity index (χ1) is 15.9. The van der Waals surface area contributed by atoms with Gasteiger partial charge in [-0.1, -0.05) is 76.9 Å². The highest BCUT2D eigenvalue weighted by molar-refractivity contribution is 6.42. The molecule has 3 aromatic carbocycles. The zero-order valence-corrected chi connectivity index (χ0v) is 19.6. The fraction of sp³-hybridized carbons (Fsp3) is 0.240. The zero-order chi connectivity index (χ0) is 23.4. The van der Waals surface area contributed by atoms with Crippen molar-refractivity contribution in [3.05, 3.63) is 81.8 Å². The highest BCUT2D eigenvalue weighted by Crippen LogP contribution is 2.23. The summed E-state index contributed by atoms with van der Waals surface area (Å²) in [5, 5.41) is 10.2. The Bertz CT molecular complexity index is 1220. The van der Waals surface area contributed by atoms with Crippen LogP contribution in [0, 0.1) is 0 Å². The van der Waals surface area contributed by atoms with Gasteiger partial charge >= 0.3 is 0 Å². The lowest BCUT2D eigenvalue weighted by Gasteiger charge is -2.22. The Morgan fingerprint density at radius 1 is 1.09 bits per heavy atom. The van der Waals surface area contributed by atoms with Gasteiger partial charge in [-0.2, -0.15) is 0 Å². The highest BCUT2D eigenvalue weighted by Gasteiger charge is 2.38. The summed E-state index contributed by atoms with van der Waals surface area (Å²) in [5.41, 5.74) is 2.32. The molecule has 0 aromatic heterocycles. The van der Waals surface area contributed by atoms with Crippen LogP contribution in [0.1, 0.15) is 24.5 Å². The molecule has 1 heterocycles. The number of halogens is 2. The number of carbonyl (C=O) groups excluding carboxylic acids is 2. The van der Waals surface area contributed by atoms with Gasteiger partial charge in [-0.3, -0.25) is 9.59 Å². The molecule has 0 unspecified atom stereocenters. The average molecular weight is 484 g/mol. The number of fused-ring (bicyclic) bond motifs is 1. The second-order valence-electron chi connectivity index (χ2n) is 7.83. The van der Waals surface area contributed by atoms with E-state index in [9.17, 15) is 9.59 Å². The topological polar surface area (TPSA) is 71.0 Å². The van der Waals surface area contributed by atoms with Crippen molar-refractivity contribution in [2.45, 2.75) is 32.5 Å². The van der Waals surface area contributed by atoms with Gasteiger partial charge in [-0.25, -0.2) is 0 Å². The van der Waals surface area contributed by atoms with Crippen molar-refractivity contribution in [3.63, 3.8) is 0 Å². The molecule has 6 nitrogen and oxygen atoms in total. The molecule has 1 fully saturated rings. The lowest BCUT2D eigenvalue weighted by Crippen LogP contribution is -2.48. The maximum Gasteiger partial charge on any atom is 0.249 e. The summed E-state index contributed by atoms with van der Waals surface area (Å²) < 4.78 is 0. The number of rotatable bonds is 6. The molecule has 0 aliphatic carbocycles. The third-order valence-corrected chi connectivity index (χ3v) is 6.36. The van der Waals surface area contributed by atoms with E-state index < -0.39 is 6.04 Å². The van der Waals surface area contributed by atoms with E-state index in [0.29, 0.717) is 35.3 Å². The van der Waals surface area contributed by atoms with Gasteiger partial charge in [-0.15, -0.1) is 0 Å². The Labute approximate surface area is 202 Å². The summed E-state index contributed by atoms with van der Waals surface area (Å²) in [6.07, 6.45) is 0.466. The van der Waals surface area contributed by atoms with Gasteiger partial charge in [0.1, 0.15) is 6.61 Å². The molecule has 0 radical (unpaired) electrons. The average Bonchev–Trinajstić information content (AvgIpc) is 3.24. The molecule has 2 amide bonds. The van der Waals surface area contributed by atoms with Crippen LogP contribution in [0.4, 0.5) is 0 Å². The van der Waals surface area contributed by atoms with Gasteiger partial charge in [0.05, 0.1) is 15.8 Å². The van der Waals surface area contributed by atoms with Crippen LogP contribution in [0.25, 0.3) is 10.8 Å². The van der Waals surface area contributed by atoms with E-state index >= 15 is 0 Å². The highest BCUT2D eigenvalue weighted by atomic mass is 35.5. The molecule has 1 aliphatic rings. The Kier molecular flexibility index (Phi) is 7.16. The molecule has 3 aromatic rings. The van der Waals surface area contributed by atoms with Crippen molar-refractivity contribution in [1.29, 1.82) is 0 Å². The summed E-state index contributed by atoms with van der Waals surface area (Å²) in [6.45, 7) is 2.38. The molecule has 170 valence electrons. The summed E-state index contributed by atoms with van der Waals surface area (Å²) in [5.74, 6) is -0.470. The minimum atomic E-state index is -0.800. The van der Waals surface area contributed by atoms with Gasteiger partial charge < -0.3 is 15.1 Å². The van der Waals surface area contributed by atoms with Crippen LogP contribution < -0.4 is 5.32 Å². The van der Waals surface area contributed by atoms with Crippen molar-refractivity contribution in [2.75, 3.05) is 6.54 Å². The molecule has 8 heteroatoms. The number of hydrogen-bond donors (Lipinski definition) is 1. The van der Waals surface area contributed by atoms with E-state index in [1.807, 2.05) is 42.5 Å². The summed E-state index contributed by atoms with van der Waals surface area (Å²) in [4.78, 5) is 32.3. The quantitative estimate of drug-likeness (QED) is 0.503. The van der Waals surface area contributed by atoms with Gasteiger partial charge in [0.15, 0.2) is 6.04 Å². The minimum absolute atomic E-state index is 0.171. The zero-order valence-electron chi connectivity index (χ0n) is 18.1. The third kappa shape index (κ3) is 5.29. The van der Waals surface area contributed by atoms with Gasteiger partial charge in [0, 0.05) is 26.4 Å². The predicted octanol–water partition coefficient (Wildman–Crippen LogP) is 4.96. The molecule has 0 saturated carbocycles. The molecule has 1 aliphatic heterocycles. The summed E-state index contributed by atoms with van der Waals surface area (Å²) >= 11 is 12.0. The Balaban J connectivity index is 1.46. The first-order valence-electron chi connectivity index (χ1n) is 10.6. The van der Waals surface area contributed by atoms with Crippen molar-refractivity contribution in [1.82, 2.24) is 10.2 Å². The predicted molar refractivity (Wildman–Crippen MR) is 130 cm³/mol. The lowest BCUT2D eigenvalue weighted by molar-refractivity contribution is -0.135. The molecule has 0 spiro atoms. The monoisotopic (exact) mass is 483 g/mol. The fourth-order valence-electron chi connectivity index (χ4n) is 3.95. The number of hydrogen-bond acceptors (Lipinski definition) is 4. The molecule has 1 N–H and O–H groups in total. The Morgan fingerprint density at radius 2 is 1.88 bits per heavy atom. The molecule has 33 heavy (non-hydrogen) atoms. The maximum absolute atomic E-state index is 13.1. The first-order valence-corrected chi connectivity index (χ1v) is 11.3. The number of oxime groups is 1. The van der Waals surface area contributed by atoms with Crippen LogP contribution in [-0.4, -0.2) is 35.0 Å². The molecule has 1 saturated heterocycles. The minimum Gasteiger partial charge on any atom is -0.391 e. The summed E-state index contributed by atoms with van der Waals surface area (Å²) in [7, 11) is 0. The van der Waals surface area contributed by atoms with Crippen LogP contribution in [-0.2, 0) is 27.6 Å². The van der Waals surface area contributed by atoms with Crippen LogP contribution in [0.15, 0.2) is 65.8 Å². The summed E-state index contributed by atoms with van der Waals surface area (Å²) in [6, 6.07) is 18.4. The second-order valence-corrected chi connectivity index (χ2v) is 8.64. The lowest BCUT2D eigenvalue weighted by atomic mass is 10.0. The van der Waals surface area contributed by atoms with Gasteiger partial charge in [0.25, 0.3) is 0 Å². The van der Waals surface area contributed by atoms with Crippen molar-refractivity contribution < 1.29 is 14.4 Å². The number of amides is 2. The number of nitrogens with one attached hydrogen (secondary N) is 1.